The van der Waals surface area contributed by atoms with Crippen LogP contribution in [0.25, 0.3) is 11.1 Å². The first-order valence-corrected chi connectivity index (χ1v) is 5.45. The summed E-state index contributed by atoms with van der Waals surface area (Å²) in [4.78, 5) is 10.5. The average Bonchev–Trinajstić information content (AvgIpc) is 2.37. The molecule has 0 aromatic heterocycles. The van der Waals surface area contributed by atoms with Gasteiger partial charge in [-0.25, -0.2) is 8.78 Å². The van der Waals surface area contributed by atoms with Crippen molar-refractivity contribution in [3.63, 3.8) is 0 Å². The third kappa shape index (κ3) is 2.68. The highest BCUT2D eigenvalue weighted by molar-refractivity contribution is 5.77. The maximum absolute atomic E-state index is 13.4. The number of rotatable bonds is 2. The second kappa shape index (κ2) is 5.03. The number of hydrogen-bond acceptors (Lipinski definition) is 1. The quantitative estimate of drug-likeness (QED) is 0.588. The second-order valence-corrected chi connectivity index (χ2v) is 4.05. The Labute approximate surface area is 110 Å². The summed E-state index contributed by atoms with van der Waals surface area (Å²) in [5.74, 6) is -2.25. The summed E-state index contributed by atoms with van der Waals surface area (Å²) in [6.45, 7) is 0. The van der Waals surface area contributed by atoms with Gasteiger partial charge >= 0.3 is 6.18 Å². The number of halogens is 5. The smallest absolute Gasteiger partial charge is 0.298 e. The van der Waals surface area contributed by atoms with Crippen LogP contribution in [-0.4, -0.2) is 6.29 Å². The minimum atomic E-state index is -4.83. The van der Waals surface area contributed by atoms with E-state index in [4.69, 9.17) is 0 Å². The van der Waals surface area contributed by atoms with Gasteiger partial charge in [-0.1, -0.05) is 12.1 Å². The Balaban J connectivity index is 2.54. The van der Waals surface area contributed by atoms with Gasteiger partial charge in [0.1, 0.15) is 11.6 Å². The molecule has 0 saturated heterocycles. The molecule has 0 spiro atoms. The molecule has 2 aromatic carbocycles. The van der Waals surface area contributed by atoms with Crippen molar-refractivity contribution in [1.29, 1.82) is 0 Å². The molecule has 6 heteroatoms. The lowest BCUT2D eigenvalue weighted by atomic mass is 10.0. The molecular formula is C14H7F5O. The molecule has 0 heterocycles. The standard InChI is InChI=1S/C14H7F5O/c15-12-4-3-8(5-11(12)14(17,18)19)9-1-2-10(7-20)13(16)6-9/h1-7H. The largest absolute Gasteiger partial charge is 0.419 e. The van der Waals surface area contributed by atoms with E-state index in [1.165, 1.54) is 6.07 Å². The highest BCUT2D eigenvalue weighted by Crippen LogP contribution is 2.34. The minimum absolute atomic E-state index is 0.00933. The zero-order valence-electron chi connectivity index (χ0n) is 9.84. The normalized spacial score (nSPS) is 11.4. The maximum atomic E-state index is 13.4. The van der Waals surface area contributed by atoms with E-state index < -0.39 is 23.4 Å². The number of carbonyl (C=O) groups excluding carboxylic acids is 1. The van der Waals surface area contributed by atoms with E-state index in [1.54, 1.807) is 0 Å². The van der Waals surface area contributed by atoms with Crippen LogP contribution < -0.4 is 0 Å². The van der Waals surface area contributed by atoms with Gasteiger partial charge in [0.15, 0.2) is 6.29 Å². The summed E-state index contributed by atoms with van der Waals surface area (Å²) in [5, 5.41) is 0. The zero-order chi connectivity index (χ0) is 14.9. The molecule has 0 fully saturated rings. The van der Waals surface area contributed by atoms with Gasteiger partial charge in [-0.2, -0.15) is 13.2 Å². The van der Waals surface area contributed by atoms with Crippen LogP contribution in [-0.2, 0) is 6.18 Å². The summed E-state index contributed by atoms with van der Waals surface area (Å²) >= 11 is 0. The molecule has 2 rings (SSSR count). The molecule has 0 saturated carbocycles. The Morgan fingerprint density at radius 1 is 0.850 bits per heavy atom. The van der Waals surface area contributed by atoms with Gasteiger partial charge in [0.2, 0.25) is 0 Å². The van der Waals surface area contributed by atoms with Crippen molar-refractivity contribution < 1.29 is 26.7 Å². The molecule has 104 valence electrons. The molecule has 0 radical (unpaired) electrons. The SMILES string of the molecule is O=Cc1ccc(-c2ccc(F)c(C(F)(F)F)c2)cc1F. The van der Waals surface area contributed by atoms with Crippen LogP contribution in [0.3, 0.4) is 0 Å². The molecule has 20 heavy (non-hydrogen) atoms. The highest BCUT2D eigenvalue weighted by atomic mass is 19.4. The molecule has 0 N–H and O–H groups in total. The molecule has 0 aliphatic carbocycles. The van der Waals surface area contributed by atoms with Crippen LogP contribution in [0.15, 0.2) is 36.4 Å². The van der Waals surface area contributed by atoms with Gasteiger partial charge < -0.3 is 0 Å². The summed E-state index contributed by atoms with van der Waals surface area (Å²) in [5.41, 5.74) is -1.49. The summed E-state index contributed by atoms with van der Waals surface area (Å²) < 4.78 is 64.3. The second-order valence-electron chi connectivity index (χ2n) is 4.05. The summed E-state index contributed by atoms with van der Waals surface area (Å²) in [6.07, 6.45) is -4.54. The fourth-order valence-corrected chi connectivity index (χ4v) is 1.72. The van der Waals surface area contributed by atoms with E-state index in [2.05, 4.69) is 0 Å². The molecular weight excluding hydrogens is 279 g/mol. The van der Waals surface area contributed by atoms with Crippen molar-refractivity contribution >= 4 is 6.29 Å². The number of benzene rings is 2. The van der Waals surface area contributed by atoms with Gasteiger partial charge in [0, 0.05) is 0 Å². The van der Waals surface area contributed by atoms with E-state index in [0.717, 1.165) is 18.2 Å². The van der Waals surface area contributed by atoms with Crippen molar-refractivity contribution in [2.45, 2.75) is 6.18 Å². The predicted molar refractivity (Wildman–Crippen MR) is 62.2 cm³/mol. The number of carbonyl (C=O) groups is 1. The summed E-state index contributed by atoms with van der Waals surface area (Å²) in [6, 6.07) is 5.75. The molecule has 0 amide bonds. The topological polar surface area (TPSA) is 17.1 Å². The molecule has 0 unspecified atom stereocenters. The Morgan fingerprint density at radius 2 is 1.45 bits per heavy atom. The minimum Gasteiger partial charge on any atom is -0.298 e. The van der Waals surface area contributed by atoms with E-state index in [9.17, 15) is 26.7 Å². The first kappa shape index (κ1) is 14.2. The van der Waals surface area contributed by atoms with Gasteiger partial charge in [0.25, 0.3) is 0 Å². The highest BCUT2D eigenvalue weighted by Gasteiger charge is 2.34. The van der Waals surface area contributed by atoms with Crippen LogP contribution >= 0.6 is 0 Å². The lowest BCUT2D eigenvalue weighted by Gasteiger charge is -2.10. The predicted octanol–water partition coefficient (Wildman–Crippen LogP) is 4.46. The van der Waals surface area contributed by atoms with E-state index in [1.807, 2.05) is 0 Å². The maximum Gasteiger partial charge on any atom is 0.419 e. The lowest BCUT2D eigenvalue weighted by Crippen LogP contribution is -2.08. The van der Waals surface area contributed by atoms with Crippen molar-refractivity contribution in [3.05, 3.63) is 59.2 Å². The molecule has 0 aliphatic heterocycles. The molecule has 2 aromatic rings. The fraction of sp³-hybridized carbons (Fsp3) is 0.0714. The molecule has 0 aliphatic rings. The number of hydrogen-bond donors (Lipinski definition) is 0. The first-order chi connectivity index (χ1) is 9.32. The Hall–Kier alpha value is -2.24. The third-order valence-corrected chi connectivity index (χ3v) is 2.73. The monoisotopic (exact) mass is 286 g/mol. The lowest BCUT2D eigenvalue weighted by molar-refractivity contribution is -0.139. The average molecular weight is 286 g/mol. The van der Waals surface area contributed by atoms with Gasteiger partial charge in [-0.15, -0.1) is 0 Å². The van der Waals surface area contributed by atoms with Crippen LogP contribution in [0.2, 0.25) is 0 Å². The van der Waals surface area contributed by atoms with E-state index in [-0.39, 0.29) is 16.7 Å². The van der Waals surface area contributed by atoms with Crippen LogP contribution in [0, 0.1) is 11.6 Å². The van der Waals surface area contributed by atoms with E-state index in [0.29, 0.717) is 18.4 Å². The van der Waals surface area contributed by atoms with Crippen molar-refractivity contribution in [3.8, 4) is 11.1 Å². The van der Waals surface area contributed by atoms with Crippen molar-refractivity contribution in [1.82, 2.24) is 0 Å². The molecule has 1 nitrogen and oxygen atoms in total. The number of alkyl halides is 3. The van der Waals surface area contributed by atoms with Gasteiger partial charge in [-0.3, -0.25) is 4.79 Å². The van der Waals surface area contributed by atoms with Gasteiger partial charge in [0.05, 0.1) is 11.1 Å². The van der Waals surface area contributed by atoms with Crippen LogP contribution in [0.1, 0.15) is 15.9 Å². The Bertz CT molecular complexity index is 661. The summed E-state index contributed by atoms with van der Waals surface area (Å²) in [7, 11) is 0. The van der Waals surface area contributed by atoms with Gasteiger partial charge in [-0.05, 0) is 35.4 Å². The first-order valence-electron chi connectivity index (χ1n) is 5.45. The third-order valence-electron chi connectivity index (χ3n) is 2.73. The zero-order valence-corrected chi connectivity index (χ0v) is 9.84. The van der Waals surface area contributed by atoms with Crippen molar-refractivity contribution in [2.24, 2.45) is 0 Å². The van der Waals surface area contributed by atoms with Crippen molar-refractivity contribution in [2.75, 3.05) is 0 Å². The molecule has 0 bridgehead atoms. The number of aldehydes is 1. The Kier molecular flexibility index (Phi) is 3.57. The van der Waals surface area contributed by atoms with Crippen LogP contribution in [0.4, 0.5) is 22.0 Å². The van der Waals surface area contributed by atoms with E-state index >= 15 is 0 Å². The Morgan fingerprint density at radius 3 is 2.00 bits per heavy atom. The fourth-order valence-electron chi connectivity index (χ4n) is 1.72. The molecule has 0 atom stereocenters. The van der Waals surface area contributed by atoms with Crippen LogP contribution in [0.5, 0.6) is 0 Å².